The highest BCUT2D eigenvalue weighted by Gasteiger charge is 2.39. The number of carbonyl (C=O) groups is 1. The van der Waals surface area contributed by atoms with E-state index in [4.69, 9.17) is 9.72 Å². The van der Waals surface area contributed by atoms with Crippen LogP contribution >= 0.6 is 0 Å². The minimum atomic E-state index is -0.265. The molecule has 2 atom stereocenters. The molecular weight excluding hydrogens is 454 g/mol. The van der Waals surface area contributed by atoms with Crippen LogP contribution in [0.1, 0.15) is 24.5 Å². The summed E-state index contributed by atoms with van der Waals surface area (Å²) >= 11 is 0. The van der Waals surface area contributed by atoms with Gasteiger partial charge >= 0.3 is 6.09 Å². The Balaban J connectivity index is 1.15. The van der Waals surface area contributed by atoms with Gasteiger partial charge < -0.3 is 25.2 Å². The molecule has 36 heavy (non-hydrogen) atoms. The van der Waals surface area contributed by atoms with E-state index in [0.29, 0.717) is 31.7 Å². The number of nitrogens with one attached hydrogen (secondary N) is 2. The number of hydrogen-bond donors (Lipinski definition) is 2. The molecule has 2 N–H and O–H groups in total. The van der Waals surface area contributed by atoms with Gasteiger partial charge in [-0.3, -0.25) is 0 Å². The number of fused-ring (bicyclic) bond motifs is 2. The third kappa shape index (κ3) is 4.19. The SMILES string of the molecule is C=C(c1ccc(Nc2nc3c(C4=CCN(C(=O)OCC)CC4)cccn3n2)cc1)N1C[C@H]2CN[C@H]2C1. The Morgan fingerprint density at radius 3 is 2.75 bits per heavy atom. The third-order valence-corrected chi connectivity index (χ3v) is 7.38. The lowest BCUT2D eigenvalue weighted by Gasteiger charge is -2.29. The highest BCUT2D eigenvalue weighted by Crippen LogP contribution is 2.31. The van der Waals surface area contributed by atoms with Crippen LogP contribution in [0.4, 0.5) is 16.4 Å². The number of ether oxygens (including phenoxy) is 1. The van der Waals surface area contributed by atoms with Crippen molar-refractivity contribution in [3.05, 3.63) is 66.4 Å². The van der Waals surface area contributed by atoms with Crippen molar-refractivity contribution in [3.8, 4) is 0 Å². The average Bonchev–Trinajstić information content (AvgIpc) is 3.43. The lowest BCUT2D eigenvalue weighted by Crippen LogP contribution is -2.51. The molecule has 9 nitrogen and oxygen atoms in total. The summed E-state index contributed by atoms with van der Waals surface area (Å²) in [4.78, 5) is 20.9. The molecule has 0 bridgehead atoms. The van der Waals surface area contributed by atoms with Crippen molar-refractivity contribution in [1.82, 2.24) is 29.7 Å². The fourth-order valence-corrected chi connectivity index (χ4v) is 5.23. The smallest absolute Gasteiger partial charge is 0.410 e. The van der Waals surface area contributed by atoms with Crippen molar-refractivity contribution in [3.63, 3.8) is 0 Å². The van der Waals surface area contributed by atoms with Crippen LogP contribution in [0.25, 0.3) is 16.9 Å². The summed E-state index contributed by atoms with van der Waals surface area (Å²) in [6.07, 6.45) is 4.45. The fraction of sp³-hybridized carbons (Fsp3) is 0.370. The number of carbonyl (C=O) groups excluding carboxylic acids is 1. The van der Waals surface area contributed by atoms with Crippen LogP contribution in [-0.4, -0.2) is 75.9 Å². The van der Waals surface area contributed by atoms with Crippen LogP contribution in [0.3, 0.4) is 0 Å². The van der Waals surface area contributed by atoms with Crippen molar-refractivity contribution in [2.45, 2.75) is 19.4 Å². The average molecular weight is 486 g/mol. The maximum Gasteiger partial charge on any atom is 0.410 e. The molecule has 2 saturated heterocycles. The van der Waals surface area contributed by atoms with E-state index in [1.807, 2.05) is 31.3 Å². The predicted octanol–water partition coefficient (Wildman–Crippen LogP) is 3.59. The zero-order chi connectivity index (χ0) is 24.6. The van der Waals surface area contributed by atoms with Crippen molar-refractivity contribution < 1.29 is 9.53 Å². The van der Waals surface area contributed by atoms with Crippen LogP contribution in [0.5, 0.6) is 0 Å². The van der Waals surface area contributed by atoms with Crippen LogP contribution < -0.4 is 10.6 Å². The van der Waals surface area contributed by atoms with Gasteiger partial charge in [0.1, 0.15) is 0 Å². The van der Waals surface area contributed by atoms with Gasteiger partial charge in [0.2, 0.25) is 5.95 Å². The van der Waals surface area contributed by atoms with Crippen LogP contribution in [0.2, 0.25) is 0 Å². The molecule has 0 spiro atoms. The van der Waals surface area contributed by atoms with E-state index in [1.54, 1.807) is 9.42 Å². The van der Waals surface area contributed by atoms with Gasteiger partial charge in [0, 0.05) is 67.8 Å². The molecular formula is C27H31N7O2. The molecule has 0 radical (unpaired) electrons. The summed E-state index contributed by atoms with van der Waals surface area (Å²) in [7, 11) is 0. The van der Waals surface area contributed by atoms with Gasteiger partial charge in [-0.25, -0.2) is 9.31 Å². The van der Waals surface area contributed by atoms with Gasteiger partial charge in [-0.1, -0.05) is 24.8 Å². The van der Waals surface area contributed by atoms with E-state index in [2.05, 4.69) is 51.5 Å². The third-order valence-electron chi connectivity index (χ3n) is 7.38. The first kappa shape index (κ1) is 22.6. The van der Waals surface area contributed by atoms with E-state index in [9.17, 15) is 4.79 Å². The second-order valence-electron chi connectivity index (χ2n) is 9.58. The first-order valence-electron chi connectivity index (χ1n) is 12.6. The summed E-state index contributed by atoms with van der Waals surface area (Å²) in [6, 6.07) is 12.9. The normalized spacial score (nSPS) is 21.1. The summed E-state index contributed by atoms with van der Waals surface area (Å²) in [5.74, 6) is 1.30. The lowest BCUT2D eigenvalue weighted by atomic mass is 9.96. The topological polar surface area (TPSA) is 87.0 Å². The maximum atomic E-state index is 12.0. The Labute approximate surface area is 210 Å². The molecule has 3 aliphatic heterocycles. The number of benzene rings is 1. The number of likely N-dealkylation sites (tertiary alicyclic amines) is 1. The molecule has 2 aromatic heterocycles. The Kier molecular flexibility index (Phi) is 5.85. The van der Waals surface area contributed by atoms with E-state index < -0.39 is 0 Å². The highest BCUT2D eigenvalue weighted by atomic mass is 16.6. The van der Waals surface area contributed by atoms with E-state index in [1.165, 1.54) is 0 Å². The molecule has 0 aliphatic carbocycles. The number of aromatic nitrogens is 3. The van der Waals surface area contributed by atoms with Crippen molar-refractivity contribution in [1.29, 1.82) is 0 Å². The van der Waals surface area contributed by atoms with E-state index >= 15 is 0 Å². The quantitative estimate of drug-likeness (QED) is 0.552. The van der Waals surface area contributed by atoms with Crippen LogP contribution in [-0.2, 0) is 4.74 Å². The number of nitrogens with zero attached hydrogens (tertiary/aromatic N) is 5. The first-order valence-corrected chi connectivity index (χ1v) is 12.6. The number of rotatable bonds is 6. The molecule has 1 amide bonds. The number of anilines is 2. The second-order valence-corrected chi connectivity index (χ2v) is 9.58. The van der Waals surface area contributed by atoms with Crippen LogP contribution in [0, 0.1) is 5.92 Å². The van der Waals surface area contributed by atoms with Gasteiger partial charge in [0.25, 0.3) is 0 Å². The molecule has 0 saturated carbocycles. The summed E-state index contributed by atoms with van der Waals surface area (Å²) in [5, 5.41) is 11.5. The molecule has 9 heteroatoms. The molecule has 2 fully saturated rings. The minimum Gasteiger partial charge on any atom is -0.450 e. The van der Waals surface area contributed by atoms with Gasteiger partial charge in [-0.05, 0) is 48.7 Å². The number of pyridine rings is 1. The molecule has 6 rings (SSSR count). The first-order chi connectivity index (χ1) is 17.6. The summed E-state index contributed by atoms with van der Waals surface area (Å²) in [6.45, 7) is 10.9. The predicted molar refractivity (Wildman–Crippen MR) is 140 cm³/mol. The molecule has 3 aliphatic rings. The van der Waals surface area contributed by atoms with E-state index in [-0.39, 0.29) is 6.09 Å². The second kappa shape index (κ2) is 9.31. The standard InChI is InChI=1S/C27H31N7O2/c1-3-36-27(35)32-13-10-20(11-14-32)23-5-4-12-34-25(23)30-26(31-34)29-22-8-6-19(7-9-22)18(2)33-16-21-15-28-24(21)17-33/h4-10,12,21,24,28H,2-3,11,13-17H2,1H3,(H,29,31)/t21-,24+/m1/s1. The minimum absolute atomic E-state index is 0.265. The molecule has 186 valence electrons. The maximum absolute atomic E-state index is 12.0. The summed E-state index contributed by atoms with van der Waals surface area (Å²) < 4.78 is 6.92. The van der Waals surface area contributed by atoms with Gasteiger partial charge in [-0.15, -0.1) is 5.10 Å². The van der Waals surface area contributed by atoms with E-state index in [0.717, 1.165) is 65.7 Å². The lowest BCUT2D eigenvalue weighted by molar-refractivity contribution is 0.111. The molecule has 3 aromatic rings. The Morgan fingerprint density at radius 1 is 1.22 bits per heavy atom. The van der Waals surface area contributed by atoms with Crippen molar-refractivity contribution in [2.24, 2.45) is 5.92 Å². The largest absolute Gasteiger partial charge is 0.450 e. The fourth-order valence-electron chi connectivity index (χ4n) is 5.23. The number of amides is 1. The van der Waals surface area contributed by atoms with Gasteiger partial charge in [0.05, 0.1) is 6.61 Å². The highest BCUT2D eigenvalue weighted by molar-refractivity contribution is 5.79. The van der Waals surface area contributed by atoms with Crippen LogP contribution in [0.15, 0.2) is 55.3 Å². The van der Waals surface area contributed by atoms with Gasteiger partial charge in [0.15, 0.2) is 5.65 Å². The zero-order valence-corrected chi connectivity index (χ0v) is 20.5. The van der Waals surface area contributed by atoms with Crippen molar-refractivity contribution >= 4 is 34.6 Å². The monoisotopic (exact) mass is 485 g/mol. The number of hydrogen-bond acceptors (Lipinski definition) is 7. The Morgan fingerprint density at radius 2 is 2.08 bits per heavy atom. The molecule has 1 aromatic carbocycles. The Hall–Kier alpha value is -3.85. The molecule has 0 unspecified atom stereocenters. The van der Waals surface area contributed by atoms with Crippen molar-refractivity contribution in [2.75, 3.05) is 44.6 Å². The Bertz CT molecular complexity index is 1320. The molecule has 5 heterocycles. The summed E-state index contributed by atoms with van der Waals surface area (Å²) in [5.41, 5.74) is 6.12. The zero-order valence-electron chi connectivity index (χ0n) is 20.5. The van der Waals surface area contributed by atoms with Gasteiger partial charge in [-0.2, -0.15) is 4.98 Å².